The SMILES string of the molecule is COc1ccc(OCCC(=O)NCc2ccc(CN3CCCC[C@H]3C)cc2)cc1. The van der Waals surface area contributed by atoms with E-state index < -0.39 is 0 Å². The molecule has 1 saturated heterocycles. The van der Waals surface area contributed by atoms with Crippen molar-refractivity contribution in [3.05, 3.63) is 59.7 Å². The van der Waals surface area contributed by atoms with Crippen LogP contribution in [0, 0.1) is 0 Å². The maximum atomic E-state index is 12.1. The molecular weight excluding hydrogens is 364 g/mol. The van der Waals surface area contributed by atoms with Crippen LogP contribution >= 0.6 is 0 Å². The Bertz CT molecular complexity index is 759. The number of piperidine rings is 1. The molecule has 2 aromatic carbocycles. The number of carbonyl (C=O) groups excluding carboxylic acids is 1. The molecule has 5 heteroatoms. The van der Waals surface area contributed by atoms with Crippen molar-refractivity contribution in [1.82, 2.24) is 10.2 Å². The number of hydrogen-bond acceptors (Lipinski definition) is 4. The van der Waals surface area contributed by atoms with Gasteiger partial charge >= 0.3 is 0 Å². The van der Waals surface area contributed by atoms with Crippen LogP contribution in [0.1, 0.15) is 43.7 Å². The summed E-state index contributed by atoms with van der Waals surface area (Å²) in [6, 6.07) is 16.6. The molecule has 0 aliphatic carbocycles. The van der Waals surface area contributed by atoms with Crippen LogP contribution in [0.2, 0.25) is 0 Å². The molecule has 2 aromatic rings. The topological polar surface area (TPSA) is 50.8 Å². The number of amides is 1. The summed E-state index contributed by atoms with van der Waals surface area (Å²) < 4.78 is 10.7. The van der Waals surface area contributed by atoms with E-state index in [4.69, 9.17) is 9.47 Å². The fraction of sp³-hybridized carbons (Fsp3) is 0.458. The molecule has 1 fully saturated rings. The van der Waals surface area contributed by atoms with Crippen LogP contribution in [0.5, 0.6) is 11.5 Å². The van der Waals surface area contributed by atoms with Gasteiger partial charge in [-0.1, -0.05) is 30.7 Å². The lowest BCUT2D eigenvalue weighted by molar-refractivity contribution is -0.121. The summed E-state index contributed by atoms with van der Waals surface area (Å²) in [5.41, 5.74) is 2.45. The third-order valence-electron chi connectivity index (χ3n) is 5.50. The number of nitrogens with zero attached hydrogens (tertiary/aromatic N) is 1. The van der Waals surface area contributed by atoms with Crippen LogP contribution in [0.3, 0.4) is 0 Å². The van der Waals surface area contributed by atoms with Crippen LogP contribution < -0.4 is 14.8 Å². The number of hydrogen-bond donors (Lipinski definition) is 1. The Kier molecular flexibility index (Phi) is 7.94. The van der Waals surface area contributed by atoms with E-state index in [0.717, 1.165) is 23.6 Å². The maximum absolute atomic E-state index is 12.1. The first-order valence-electron chi connectivity index (χ1n) is 10.5. The number of likely N-dealkylation sites (tertiary alicyclic amines) is 1. The highest BCUT2D eigenvalue weighted by atomic mass is 16.5. The van der Waals surface area contributed by atoms with E-state index in [-0.39, 0.29) is 5.91 Å². The van der Waals surface area contributed by atoms with Crippen LogP contribution in [0.4, 0.5) is 0 Å². The van der Waals surface area contributed by atoms with Crippen LogP contribution in [0.15, 0.2) is 48.5 Å². The van der Waals surface area contributed by atoms with Crippen molar-refractivity contribution in [2.75, 3.05) is 20.3 Å². The minimum absolute atomic E-state index is 0.00951. The number of methoxy groups -OCH3 is 1. The third-order valence-corrected chi connectivity index (χ3v) is 5.50. The quantitative estimate of drug-likeness (QED) is 0.692. The van der Waals surface area contributed by atoms with Crippen molar-refractivity contribution in [2.24, 2.45) is 0 Å². The Hall–Kier alpha value is -2.53. The largest absolute Gasteiger partial charge is 0.497 e. The first-order valence-corrected chi connectivity index (χ1v) is 10.5. The van der Waals surface area contributed by atoms with Crippen LogP contribution in [-0.2, 0) is 17.9 Å². The molecule has 0 unspecified atom stereocenters. The Morgan fingerprint density at radius 3 is 2.41 bits per heavy atom. The molecule has 3 rings (SSSR count). The van der Waals surface area contributed by atoms with Gasteiger partial charge in [0.2, 0.25) is 5.91 Å². The van der Waals surface area contributed by atoms with Crippen molar-refractivity contribution >= 4 is 5.91 Å². The van der Waals surface area contributed by atoms with Crippen molar-refractivity contribution < 1.29 is 14.3 Å². The highest BCUT2D eigenvalue weighted by Crippen LogP contribution is 2.19. The molecule has 0 radical (unpaired) electrons. The van der Waals surface area contributed by atoms with Gasteiger partial charge in [-0.15, -0.1) is 0 Å². The Morgan fingerprint density at radius 2 is 1.72 bits per heavy atom. The second-order valence-electron chi connectivity index (χ2n) is 7.68. The molecule has 1 N–H and O–H groups in total. The second-order valence-corrected chi connectivity index (χ2v) is 7.68. The molecule has 0 bridgehead atoms. The van der Waals surface area contributed by atoms with Crippen molar-refractivity contribution in [2.45, 2.75) is 51.7 Å². The van der Waals surface area contributed by atoms with E-state index in [1.54, 1.807) is 7.11 Å². The number of rotatable bonds is 9. The predicted molar refractivity (Wildman–Crippen MR) is 115 cm³/mol. The van der Waals surface area contributed by atoms with Gasteiger partial charge in [-0.2, -0.15) is 0 Å². The summed E-state index contributed by atoms with van der Waals surface area (Å²) in [4.78, 5) is 14.6. The zero-order valence-corrected chi connectivity index (χ0v) is 17.5. The standard InChI is InChI=1S/C24H32N2O3/c1-19-5-3-4-15-26(19)18-21-8-6-20(7-9-21)17-25-24(27)14-16-29-23-12-10-22(28-2)11-13-23/h6-13,19H,3-5,14-18H2,1-2H3,(H,25,27)/t19-/m1/s1. The van der Waals surface area contributed by atoms with Crippen molar-refractivity contribution in [1.29, 1.82) is 0 Å². The summed E-state index contributed by atoms with van der Waals surface area (Å²) in [5.74, 6) is 1.51. The Labute approximate surface area is 174 Å². The van der Waals surface area contributed by atoms with Crippen LogP contribution in [0.25, 0.3) is 0 Å². The summed E-state index contributed by atoms with van der Waals surface area (Å²) >= 11 is 0. The van der Waals surface area contributed by atoms with E-state index in [1.807, 2.05) is 24.3 Å². The molecule has 0 aromatic heterocycles. The minimum atomic E-state index is -0.00951. The lowest BCUT2D eigenvalue weighted by Gasteiger charge is -2.33. The molecule has 1 aliphatic heterocycles. The Morgan fingerprint density at radius 1 is 1.03 bits per heavy atom. The van der Waals surface area contributed by atoms with Crippen LogP contribution in [-0.4, -0.2) is 37.1 Å². The minimum Gasteiger partial charge on any atom is -0.497 e. The molecule has 29 heavy (non-hydrogen) atoms. The lowest BCUT2D eigenvalue weighted by Crippen LogP contribution is -2.36. The van der Waals surface area contributed by atoms with E-state index in [2.05, 4.69) is 41.4 Å². The first kappa shape index (κ1) is 21.2. The van der Waals surface area contributed by atoms with Gasteiger partial charge in [-0.3, -0.25) is 9.69 Å². The van der Waals surface area contributed by atoms with Crippen molar-refractivity contribution in [3.8, 4) is 11.5 Å². The van der Waals surface area contributed by atoms with Crippen molar-refractivity contribution in [3.63, 3.8) is 0 Å². The monoisotopic (exact) mass is 396 g/mol. The zero-order valence-electron chi connectivity index (χ0n) is 17.5. The second kappa shape index (κ2) is 10.9. The fourth-order valence-electron chi connectivity index (χ4n) is 3.61. The number of ether oxygens (including phenoxy) is 2. The van der Waals surface area contributed by atoms with Gasteiger partial charge in [-0.05, 0) is 61.7 Å². The zero-order chi connectivity index (χ0) is 20.5. The molecule has 1 heterocycles. The molecular formula is C24H32N2O3. The first-order chi connectivity index (χ1) is 14.1. The maximum Gasteiger partial charge on any atom is 0.223 e. The van der Waals surface area contributed by atoms with Gasteiger partial charge < -0.3 is 14.8 Å². The highest BCUT2D eigenvalue weighted by Gasteiger charge is 2.17. The lowest BCUT2D eigenvalue weighted by atomic mass is 10.0. The van der Waals surface area contributed by atoms with Gasteiger partial charge in [0.15, 0.2) is 0 Å². The molecule has 0 saturated carbocycles. The van der Waals surface area contributed by atoms with Gasteiger partial charge in [0.05, 0.1) is 20.1 Å². The molecule has 0 spiro atoms. The third kappa shape index (κ3) is 6.79. The molecule has 1 atom stereocenters. The van der Waals surface area contributed by atoms with Gasteiger partial charge in [-0.25, -0.2) is 0 Å². The summed E-state index contributed by atoms with van der Waals surface area (Å²) in [7, 11) is 1.63. The molecule has 1 amide bonds. The number of carbonyl (C=O) groups is 1. The normalized spacial score (nSPS) is 17.0. The fourth-order valence-corrected chi connectivity index (χ4v) is 3.61. The molecule has 1 aliphatic rings. The number of nitrogens with one attached hydrogen (secondary N) is 1. The number of benzene rings is 2. The average molecular weight is 397 g/mol. The summed E-state index contributed by atoms with van der Waals surface area (Å²) in [5, 5.41) is 2.96. The highest BCUT2D eigenvalue weighted by molar-refractivity contribution is 5.76. The smallest absolute Gasteiger partial charge is 0.223 e. The van der Waals surface area contributed by atoms with E-state index in [1.165, 1.54) is 31.4 Å². The van der Waals surface area contributed by atoms with Gasteiger partial charge in [0.1, 0.15) is 11.5 Å². The molecule has 156 valence electrons. The summed E-state index contributed by atoms with van der Waals surface area (Å²) in [6.45, 7) is 5.42. The van der Waals surface area contributed by atoms with E-state index in [9.17, 15) is 4.79 Å². The van der Waals surface area contributed by atoms with Gasteiger partial charge in [0.25, 0.3) is 0 Å². The Balaban J connectivity index is 1.36. The average Bonchev–Trinajstić information content (AvgIpc) is 2.75. The van der Waals surface area contributed by atoms with E-state index in [0.29, 0.717) is 25.6 Å². The van der Waals surface area contributed by atoms with Gasteiger partial charge in [0, 0.05) is 19.1 Å². The predicted octanol–water partition coefficient (Wildman–Crippen LogP) is 4.15. The summed E-state index contributed by atoms with van der Waals surface area (Å²) in [6.07, 6.45) is 4.28. The molecule has 5 nitrogen and oxygen atoms in total. The van der Waals surface area contributed by atoms with E-state index >= 15 is 0 Å².